The molecular weight excluding hydrogens is 196 g/mol. The van der Waals surface area contributed by atoms with Crippen LogP contribution in [-0.4, -0.2) is 12.6 Å². The van der Waals surface area contributed by atoms with Gasteiger partial charge in [-0.2, -0.15) is 0 Å². The Hall–Kier alpha value is -1.28. The van der Waals surface area contributed by atoms with Gasteiger partial charge in [0, 0.05) is 24.3 Å². The highest BCUT2D eigenvalue weighted by Crippen LogP contribution is 2.19. The fourth-order valence-corrected chi connectivity index (χ4v) is 1.72. The molecule has 1 aromatic carbocycles. The summed E-state index contributed by atoms with van der Waals surface area (Å²) in [6, 6.07) is 9.02. The third kappa shape index (κ3) is 3.11. The maximum absolute atomic E-state index is 5.83. The molecule has 16 heavy (non-hydrogen) atoms. The maximum atomic E-state index is 5.83. The van der Waals surface area contributed by atoms with E-state index in [0.717, 1.165) is 6.54 Å². The Balaban J connectivity index is 2.89. The average Bonchev–Trinajstić information content (AvgIpc) is 2.25. The Labute approximate surface area is 98.8 Å². The third-order valence-electron chi connectivity index (χ3n) is 2.70. The summed E-state index contributed by atoms with van der Waals surface area (Å²) in [5.74, 6) is 0. The second-order valence-corrected chi connectivity index (χ2v) is 4.41. The van der Waals surface area contributed by atoms with Crippen LogP contribution in [0.3, 0.4) is 0 Å². The number of nitrogens with zero attached hydrogens (tertiary/aromatic N) is 1. The Morgan fingerprint density at radius 2 is 1.81 bits per heavy atom. The standard InChI is InChI=1S/C14H22N2/c1-5-10-16(11(2)3)14-8-6-13(7-9-14)12(4)15/h5-9,11-12H,1,10,15H2,2-4H3/t12-/m1/s1. The second kappa shape index (κ2) is 5.71. The van der Waals surface area contributed by atoms with Gasteiger partial charge in [-0.05, 0) is 38.5 Å². The SMILES string of the molecule is C=CCN(c1ccc([C@@H](C)N)cc1)C(C)C. The summed E-state index contributed by atoms with van der Waals surface area (Å²) in [6.07, 6.45) is 1.93. The van der Waals surface area contributed by atoms with Crippen molar-refractivity contribution >= 4 is 5.69 Å². The van der Waals surface area contributed by atoms with Gasteiger partial charge in [-0.3, -0.25) is 0 Å². The first-order chi connectivity index (χ1) is 7.56. The molecule has 0 unspecified atom stereocenters. The molecule has 0 spiro atoms. The number of anilines is 1. The van der Waals surface area contributed by atoms with E-state index in [1.165, 1.54) is 11.3 Å². The van der Waals surface area contributed by atoms with Crippen LogP contribution in [0.1, 0.15) is 32.4 Å². The van der Waals surface area contributed by atoms with Crippen molar-refractivity contribution in [1.82, 2.24) is 0 Å². The molecule has 0 aliphatic carbocycles. The van der Waals surface area contributed by atoms with Crippen molar-refractivity contribution in [3.05, 3.63) is 42.5 Å². The van der Waals surface area contributed by atoms with Crippen LogP contribution < -0.4 is 10.6 Å². The van der Waals surface area contributed by atoms with E-state index in [2.05, 4.69) is 49.6 Å². The van der Waals surface area contributed by atoms with Crippen LogP contribution in [0.5, 0.6) is 0 Å². The summed E-state index contributed by atoms with van der Waals surface area (Å²) < 4.78 is 0. The van der Waals surface area contributed by atoms with Crippen molar-refractivity contribution in [2.24, 2.45) is 5.73 Å². The molecule has 0 aromatic heterocycles. The normalized spacial score (nSPS) is 12.6. The van der Waals surface area contributed by atoms with Gasteiger partial charge < -0.3 is 10.6 Å². The number of nitrogens with two attached hydrogens (primary N) is 1. The summed E-state index contributed by atoms with van der Waals surface area (Å²) >= 11 is 0. The maximum Gasteiger partial charge on any atom is 0.0371 e. The molecule has 0 radical (unpaired) electrons. The number of hydrogen-bond acceptors (Lipinski definition) is 2. The van der Waals surface area contributed by atoms with E-state index in [1.807, 2.05) is 13.0 Å². The molecule has 0 fully saturated rings. The Kier molecular flexibility index (Phi) is 4.56. The van der Waals surface area contributed by atoms with E-state index in [1.54, 1.807) is 0 Å². The van der Waals surface area contributed by atoms with Gasteiger partial charge in [0.15, 0.2) is 0 Å². The molecule has 0 aliphatic rings. The van der Waals surface area contributed by atoms with E-state index >= 15 is 0 Å². The first kappa shape index (κ1) is 12.8. The fraction of sp³-hybridized carbons (Fsp3) is 0.429. The zero-order chi connectivity index (χ0) is 12.1. The van der Waals surface area contributed by atoms with Crippen LogP contribution in [0.25, 0.3) is 0 Å². The molecule has 1 aromatic rings. The highest BCUT2D eigenvalue weighted by Gasteiger charge is 2.08. The molecule has 88 valence electrons. The summed E-state index contributed by atoms with van der Waals surface area (Å²) in [7, 11) is 0. The minimum Gasteiger partial charge on any atom is -0.365 e. The Bertz CT molecular complexity index is 325. The van der Waals surface area contributed by atoms with Crippen molar-refractivity contribution in [3.63, 3.8) is 0 Å². The predicted molar refractivity (Wildman–Crippen MR) is 71.7 cm³/mol. The molecule has 1 rings (SSSR count). The average molecular weight is 218 g/mol. The van der Waals surface area contributed by atoms with E-state index < -0.39 is 0 Å². The quantitative estimate of drug-likeness (QED) is 0.769. The molecule has 0 saturated heterocycles. The highest BCUT2D eigenvalue weighted by atomic mass is 15.1. The molecule has 2 N–H and O–H groups in total. The largest absolute Gasteiger partial charge is 0.365 e. The molecule has 0 amide bonds. The first-order valence-corrected chi connectivity index (χ1v) is 5.79. The van der Waals surface area contributed by atoms with E-state index in [4.69, 9.17) is 5.73 Å². The van der Waals surface area contributed by atoms with Crippen LogP contribution in [0, 0.1) is 0 Å². The van der Waals surface area contributed by atoms with Gasteiger partial charge in [-0.15, -0.1) is 6.58 Å². The number of benzene rings is 1. The zero-order valence-electron chi connectivity index (χ0n) is 10.5. The molecule has 0 saturated carbocycles. The zero-order valence-corrected chi connectivity index (χ0v) is 10.5. The number of hydrogen-bond donors (Lipinski definition) is 1. The van der Waals surface area contributed by atoms with E-state index in [9.17, 15) is 0 Å². The molecule has 2 heteroatoms. The smallest absolute Gasteiger partial charge is 0.0371 e. The van der Waals surface area contributed by atoms with Crippen molar-refractivity contribution in [2.45, 2.75) is 32.9 Å². The monoisotopic (exact) mass is 218 g/mol. The molecule has 1 atom stereocenters. The summed E-state index contributed by atoms with van der Waals surface area (Å²) in [6.45, 7) is 11.0. The molecule has 2 nitrogen and oxygen atoms in total. The number of rotatable bonds is 5. The molecule has 0 aliphatic heterocycles. The third-order valence-corrected chi connectivity index (χ3v) is 2.70. The minimum atomic E-state index is 0.0981. The van der Waals surface area contributed by atoms with Crippen LogP contribution in [-0.2, 0) is 0 Å². The van der Waals surface area contributed by atoms with E-state index in [0.29, 0.717) is 6.04 Å². The Morgan fingerprint density at radius 1 is 1.25 bits per heavy atom. The Morgan fingerprint density at radius 3 is 2.19 bits per heavy atom. The van der Waals surface area contributed by atoms with Crippen LogP contribution in [0.15, 0.2) is 36.9 Å². The summed E-state index contributed by atoms with van der Waals surface area (Å²) in [4.78, 5) is 2.30. The van der Waals surface area contributed by atoms with Gasteiger partial charge in [-0.25, -0.2) is 0 Å². The molecule has 0 heterocycles. The van der Waals surface area contributed by atoms with Crippen LogP contribution >= 0.6 is 0 Å². The van der Waals surface area contributed by atoms with Gasteiger partial charge in [0.1, 0.15) is 0 Å². The van der Waals surface area contributed by atoms with Crippen molar-refractivity contribution in [2.75, 3.05) is 11.4 Å². The predicted octanol–water partition coefficient (Wildman–Crippen LogP) is 3.11. The van der Waals surface area contributed by atoms with Crippen molar-refractivity contribution in [1.29, 1.82) is 0 Å². The topological polar surface area (TPSA) is 29.3 Å². The fourth-order valence-electron chi connectivity index (χ4n) is 1.72. The van der Waals surface area contributed by atoms with Gasteiger partial charge in [0.2, 0.25) is 0 Å². The van der Waals surface area contributed by atoms with Gasteiger partial charge in [-0.1, -0.05) is 18.2 Å². The lowest BCUT2D eigenvalue weighted by atomic mass is 10.1. The minimum absolute atomic E-state index is 0.0981. The van der Waals surface area contributed by atoms with E-state index in [-0.39, 0.29) is 6.04 Å². The first-order valence-electron chi connectivity index (χ1n) is 5.79. The summed E-state index contributed by atoms with van der Waals surface area (Å²) in [5, 5.41) is 0. The van der Waals surface area contributed by atoms with Gasteiger partial charge >= 0.3 is 0 Å². The van der Waals surface area contributed by atoms with Crippen molar-refractivity contribution < 1.29 is 0 Å². The lowest BCUT2D eigenvalue weighted by molar-refractivity contribution is 0.722. The summed E-state index contributed by atoms with van der Waals surface area (Å²) in [5.41, 5.74) is 8.22. The lowest BCUT2D eigenvalue weighted by Gasteiger charge is -2.28. The van der Waals surface area contributed by atoms with Crippen LogP contribution in [0.4, 0.5) is 5.69 Å². The van der Waals surface area contributed by atoms with Gasteiger partial charge in [0.25, 0.3) is 0 Å². The molecular formula is C14H22N2. The molecule has 0 bridgehead atoms. The lowest BCUT2D eigenvalue weighted by Crippen LogP contribution is -2.30. The van der Waals surface area contributed by atoms with Crippen LogP contribution in [0.2, 0.25) is 0 Å². The second-order valence-electron chi connectivity index (χ2n) is 4.41. The van der Waals surface area contributed by atoms with Crippen molar-refractivity contribution in [3.8, 4) is 0 Å². The highest BCUT2D eigenvalue weighted by molar-refractivity contribution is 5.49. The van der Waals surface area contributed by atoms with Gasteiger partial charge in [0.05, 0.1) is 0 Å².